The summed E-state index contributed by atoms with van der Waals surface area (Å²) in [6, 6.07) is 11.5. The molecule has 0 aromatic heterocycles. The van der Waals surface area contributed by atoms with Gasteiger partial charge in [-0.15, -0.1) is 0 Å². The number of benzene rings is 2. The number of methoxy groups -OCH3 is 1. The molecule has 0 fully saturated rings. The fourth-order valence-corrected chi connectivity index (χ4v) is 3.64. The van der Waals surface area contributed by atoms with E-state index in [0.717, 1.165) is 34.7 Å². The first-order valence-electron chi connectivity index (χ1n) is 8.25. The number of fused-ring (bicyclic) bond motifs is 2. The molecular formula is C20H18ClNO4. The Labute approximate surface area is 156 Å². The fraction of sp³-hybridized carbons (Fsp3) is 0.250. The number of hydrogen-bond donors (Lipinski definition) is 0. The number of nitrogens with zero attached hydrogens (tertiary/aromatic N) is 1. The monoisotopic (exact) mass is 371 g/mol. The Morgan fingerprint density at radius 3 is 2.85 bits per heavy atom. The normalized spacial score (nSPS) is 20.0. The van der Waals surface area contributed by atoms with Crippen molar-refractivity contribution in [3.8, 4) is 11.5 Å². The summed E-state index contributed by atoms with van der Waals surface area (Å²) in [5, 5.41) is 0.626. The molecule has 0 aliphatic carbocycles. The fourth-order valence-electron chi connectivity index (χ4n) is 3.47. The maximum absolute atomic E-state index is 12.1. The lowest BCUT2D eigenvalue weighted by molar-refractivity contribution is 0.174. The SMILES string of the molecule is COC(=O)N1C=CC(C)(Cc2ccc3c(c2)OCO3)c2cc(Cl)ccc21. The molecule has 0 saturated carbocycles. The minimum absolute atomic E-state index is 0.252. The number of carbonyl (C=O) groups is 1. The van der Waals surface area contributed by atoms with E-state index in [9.17, 15) is 4.79 Å². The Morgan fingerprint density at radius 2 is 2.04 bits per heavy atom. The predicted octanol–water partition coefficient (Wildman–Crippen LogP) is 4.67. The average molecular weight is 372 g/mol. The van der Waals surface area contributed by atoms with Gasteiger partial charge in [0.2, 0.25) is 6.79 Å². The second-order valence-electron chi connectivity index (χ2n) is 6.60. The first-order valence-corrected chi connectivity index (χ1v) is 8.63. The van der Waals surface area contributed by atoms with Crippen LogP contribution < -0.4 is 14.4 Å². The molecule has 1 unspecified atom stereocenters. The van der Waals surface area contributed by atoms with Gasteiger partial charge in [-0.1, -0.05) is 30.7 Å². The predicted molar refractivity (Wildman–Crippen MR) is 99.1 cm³/mol. The third-order valence-electron chi connectivity index (χ3n) is 4.80. The van der Waals surface area contributed by atoms with E-state index in [1.165, 1.54) is 12.0 Å². The lowest BCUT2D eigenvalue weighted by atomic mass is 9.75. The Bertz CT molecular complexity index is 911. The van der Waals surface area contributed by atoms with Crippen LogP contribution in [0.5, 0.6) is 11.5 Å². The summed E-state index contributed by atoms with van der Waals surface area (Å²) in [6.45, 7) is 2.38. The highest BCUT2D eigenvalue weighted by molar-refractivity contribution is 6.30. The van der Waals surface area contributed by atoms with Crippen molar-refractivity contribution in [3.63, 3.8) is 0 Å². The Hall–Kier alpha value is -2.66. The van der Waals surface area contributed by atoms with E-state index in [-0.39, 0.29) is 12.2 Å². The van der Waals surface area contributed by atoms with Crippen LogP contribution in [0.15, 0.2) is 48.7 Å². The zero-order valence-electron chi connectivity index (χ0n) is 14.5. The molecule has 2 aromatic carbocycles. The zero-order chi connectivity index (χ0) is 18.3. The van der Waals surface area contributed by atoms with Crippen molar-refractivity contribution >= 4 is 23.4 Å². The number of rotatable bonds is 2. The molecule has 0 N–H and O–H groups in total. The largest absolute Gasteiger partial charge is 0.454 e. The Kier molecular flexibility index (Phi) is 4.04. The van der Waals surface area contributed by atoms with Crippen molar-refractivity contribution in [2.24, 2.45) is 0 Å². The molecule has 4 rings (SSSR count). The van der Waals surface area contributed by atoms with E-state index in [0.29, 0.717) is 5.02 Å². The molecule has 2 aliphatic rings. The van der Waals surface area contributed by atoms with Crippen LogP contribution in [-0.4, -0.2) is 20.0 Å². The van der Waals surface area contributed by atoms with Gasteiger partial charge in [-0.25, -0.2) is 4.79 Å². The van der Waals surface area contributed by atoms with Gasteiger partial charge >= 0.3 is 6.09 Å². The van der Waals surface area contributed by atoms with Crippen LogP contribution in [0.3, 0.4) is 0 Å². The van der Waals surface area contributed by atoms with E-state index in [1.54, 1.807) is 12.3 Å². The summed E-state index contributed by atoms with van der Waals surface area (Å²) in [5.41, 5.74) is 2.51. The van der Waals surface area contributed by atoms with Crippen molar-refractivity contribution in [2.75, 3.05) is 18.8 Å². The van der Waals surface area contributed by atoms with E-state index in [4.69, 9.17) is 25.8 Å². The first kappa shape index (κ1) is 16.8. The van der Waals surface area contributed by atoms with Gasteiger partial charge in [-0.3, -0.25) is 4.90 Å². The molecule has 2 aromatic rings. The molecular weight excluding hydrogens is 354 g/mol. The molecule has 2 aliphatic heterocycles. The molecule has 134 valence electrons. The summed E-state index contributed by atoms with van der Waals surface area (Å²) >= 11 is 6.25. The summed E-state index contributed by atoms with van der Waals surface area (Å²) in [7, 11) is 1.37. The number of hydrogen-bond acceptors (Lipinski definition) is 4. The summed E-state index contributed by atoms with van der Waals surface area (Å²) in [5.74, 6) is 1.52. The maximum atomic E-state index is 12.1. The molecule has 0 spiro atoms. The van der Waals surface area contributed by atoms with Gasteiger partial charge in [-0.2, -0.15) is 0 Å². The van der Waals surface area contributed by atoms with Crippen LogP contribution >= 0.6 is 11.6 Å². The molecule has 5 nitrogen and oxygen atoms in total. The topological polar surface area (TPSA) is 48.0 Å². The molecule has 0 radical (unpaired) electrons. The molecule has 0 saturated heterocycles. The van der Waals surface area contributed by atoms with Gasteiger partial charge in [-0.05, 0) is 47.9 Å². The quantitative estimate of drug-likeness (QED) is 0.769. The van der Waals surface area contributed by atoms with E-state index >= 15 is 0 Å². The summed E-state index contributed by atoms with van der Waals surface area (Å²) in [4.78, 5) is 13.6. The number of carbonyl (C=O) groups excluding carboxylic acids is 1. The van der Waals surface area contributed by atoms with Crippen molar-refractivity contribution in [1.82, 2.24) is 0 Å². The second kappa shape index (κ2) is 6.25. The number of ether oxygens (including phenoxy) is 3. The first-order chi connectivity index (χ1) is 12.5. The van der Waals surface area contributed by atoms with Gasteiger partial charge in [0.25, 0.3) is 0 Å². The van der Waals surface area contributed by atoms with Gasteiger partial charge in [0.15, 0.2) is 11.5 Å². The third kappa shape index (κ3) is 2.78. The zero-order valence-corrected chi connectivity index (χ0v) is 15.2. The van der Waals surface area contributed by atoms with Crippen LogP contribution in [-0.2, 0) is 16.6 Å². The van der Waals surface area contributed by atoms with Gasteiger partial charge in [0, 0.05) is 16.6 Å². The van der Waals surface area contributed by atoms with Gasteiger partial charge in [0.1, 0.15) is 0 Å². The summed E-state index contributed by atoms with van der Waals surface area (Å²) in [6.07, 6.45) is 4.06. The highest BCUT2D eigenvalue weighted by atomic mass is 35.5. The van der Waals surface area contributed by atoms with Crippen molar-refractivity contribution in [2.45, 2.75) is 18.8 Å². The maximum Gasteiger partial charge on any atom is 0.418 e. The van der Waals surface area contributed by atoms with E-state index in [2.05, 4.69) is 6.92 Å². The Morgan fingerprint density at radius 1 is 1.23 bits per heavy atom. The lowest BCUT2D eigenvalue weighted by Crippen LogP contribution is -2.35. The van der Waals surface area contributed by atoms with Crippen molar-refractivity contribution < 1.29 is 19.0 Å². The molecule has 2 heterocycles. The number of allylic oxidation sites excluding steroid dienone is 1. The smallest absolute Gasteiger partial charge is 0.418 e. The minimum Gasteiger partial charge on any atom is -0.454 e. The number of anilines is 1. The van der Waals surface area contributed by atoms with Gasteiger partial charge in [0.05, 0.1) is 12.8 Å². The second-order valence-corrected chi connectivity index (χ2v) is 7.04. The highest BCUT2D eigenvalue weighted by Gasteiger charge is 2.34. The molecule has 1 amide bonds. The van der Waals surface area contributed by atoms with Crippen LogP contribution in [0.2, 0.25) is 5.02 Å². The number of halogens is 1. The lowest BCUT2D eigenvalue weighted by Gasteiger charge is -2.36. The molecule has 0 bridgehead atoms. The molecule has 26 heavy (non-hydrogen) atoms. The van der Waals surface area contributed by atoms with Crippen molar-refractivity contribution in [3.05, 3.63) is 64.8 Å². The summed E-state index contributed by atoms with van der Waals surface area (Å²) < 4.78 is 15.7. The third-order valence-corrected chi connectivity index (χ3v) is 5.04. The van der Waals surface area contributed by atoms with E-state index in [1.807, 2.05) is 36.4 Å². The molecule has 6 heteroatoms. The van der Waals surface area contributed by atoms with Crippen LogP contribution in [0, 0.1) is 0 Å². The number of amides is 1. The minimum atomic E-state index is -0.435. The Balaban J connectivity index is 1.74. The average Bonchev–Trinajstić information content (AvgIpc) is 3.09. The van der Waals surface area contributed by atoms with Crippen molar-refractivity contribution in [1.29, 1.82) is 0 Å². The highest BCUT2D eigenvalue weighted by Crippen LogP contribution is 2.43. The molecule has 1 atom stereocenters. The van der Waals surface area contributed by atoms with Crippen LogP contribution in [0.4, 0.5) is 10.5 Å². The van der Waals surface area contributed by atoms with Crippen LogP contribution in [0.1, 0.15) is 18.1 Å². The standard InChI is InChI=1S/C20H18ClNO4/c1-20(11-13-3-6-17-18(9-13)26-12-25-17)7-8-22(19(23)24-2)16-5-4-14(21)10-15(16)20/h3-10H,11-12H2,1-2H3. The van der Waals surface area contributed by atoms with Crippen LogP contribution in [0.25, 0.3) is 0 Å². The van der Waals surface area contributed by atoms with Gasteiger partial charge < -0.3 is 14.2 Å². The van der Waals surface area contributed by atoms with E-state index < -0.39 is 6.09 Å².